The highest BCUT2D eigenvalue weighted by Crippen LogP contribution is 2.38. The summed E-state index contributed by atoms with van der Waals surface area (Å²) in [5.74, 6) is -0.816. The second-order valence-electron chi connectivity index (χ2n) is 14.1. The first-order chi connectivity index (χ1) is 28.3. The summed E-state index contributed by atoms with van der Waals surface area (Å²) in [6.07, 6.45) is 16.3. The molecule has 2 aromatic carbocycles. The van der Waals surface area contributed by atoms with Crippen LogP contribution in [0.25, 0.3) is 90.9 Å². The summed E-state index contributed by atoms with van der Waals surface area (Å²) in [7, 11) is 6.74. The number of fused-ring (bicyclic) bond motifs is 8. The highest BCUT2D eigenvalue weighted by Gasteiger charge is 2.21. The lowest BCUT2D eigenvalue weighted by molar-refractivity contribution is -0.671. The maximum Gasteiger partial charge on any atom is 0.337 e. The lowest BCUT2D eigenvalue weighted by Gasteiger charge is -2.07. The van der Waals surface area contributed by atoms with E-state index in [1.165, 1.54) is 14.2 Å². The molecule has 0 saturated carbocycles. The number of pyridine rings is 2. The van der Waals surface area contributed by atoms with Crippen LogP contribution in [-0.4, -0.2) is 46.1 Å². The third-order valence-electron chi connectivity index (χ3n) is 10.5. The minimum Gasteiger partial charge on any atom is -0.465 e. The summed E-state index contributed by atoms with van der Waals surface area (Å²) in [5, 5.41) is 0. The number of nitrogens with zero attached hydrogens (tertiary/aromatic N) is 4. The quantitative estimate of drug-likeness (QED) is 0.130. The Morgan fingerprint density at radius 2 is 0.741 bits per heavy atom. The van der Waals surface area contributed by atoms with E-state index < -0.39 is 11.9 Å². The van der Waals surface area contributed by atoms with E-state index in [1.807, 2.05) is 90.5 Å². The van der Waals surface area contributed by atoms with Crippen LogP contribution in [0.15, 0.2) is 122 Å². The first-order valence-corrected chi connectivity index (χ1v) is 18.7. The molecule has 0 radical (unpaired) electrons. The van der Waals surface area contributed by atoms with E-state index >= 15 is 0 Å². The summed E-state index contributed by atoms with van der Waals surface area (Å²) in [5.41, 5.74) is 14.7. The van der Waals surface area contributed by atoms with Crippen molar-refractivity contribution in [3.05, 3.63) is 156 Å². The molecule has 0 amide bonds. The molecule has 10 heteroatoms. The van der Waals surface area contributed by atoms with E-state index in [1.54, 1.807) is 24.3 Å². The van der Waals surface area contributed by atoms with Crippen LogP contribution in [0, 0.1) is 0 Å². The van der Waals surface area contributed by atoms with Gasteiger partial charge in [-0.1, -0.05) is 24.3 Å². The van der Waals surface area contributed by atoms with Gasteiger partial charge in [-0.2, -0.15) is 0 Å². The number of esters is 2. The zero-order valence-corrected chi connectivity index (χ0v) is 32.3. The van der Waals surface area contributed by atoms with E-state index in [0.717, 1.165) is 89.4 Å². The number of carbonyl (C=O) groups excluding carboxylic acids is 2. The van der Waals surface area contributed by atoms with Crippen molar-refractivity contribution in [2.75, 3.05) is 14.2 Å². The number of hydrogen-bond donors (Lipinski definition) is 2. The Kier molecular flexibility index (Phi) is 9.14. The fourth-order valence-corrected chi connectivity index (χ4v) is 7.54. The molecular weight excluding hydrogens is 725 g/mol. The van der Waals surface area contributed by atoms with Crippen LogP contribution < -0.4 is 9.13 Å². The van der Waals surface area contributed by atoms with Gasteiger partial charge in [-0.15, -0.1) is 0 Å². The van der Waals surface area contributed by atoms with Gasteiger partial charge in [-0.05, 0) is 95.1 Å². The average molecular weight is 763 g/mol. The van der Waals surface area contributed by atoms with Crippen LogP contribution in [0.2, 0.25) is 0 Å². The predicted octanol–water partition coefficient (Wildman–Crippen LogP) is 8.55. The van der Waals surface area contributed by atoms with E-state index in [-0.39, 0.29) is 0 Å². The van der Waals surface area contributed by atoms with Gasteiger partial charge >= 0.3 is 11.9 Å². The molecule has 7 aromatic rings. The smallest absolute Gasteiger partial charge is 0.337 e. The van der Waals surface area contributed by atoms with Crippen molar-refractivity contribution in [1.82, 2.24) is 19.9 Å². The van der Waals surface area contributed by atoms with Gasteiger partial charge in [0.1, 0.15) is 14.1 Å². The maximum atomic E-state index is 12.4. The van der Waals surface area contributed by atoms with Gasteiger partial charge in [0.05, 0.1) is 48.1 Å². The standard InChI is InChI=1S/C48H37N6O4/c1-53-25-21-31(22-26-53)45-39-17-15-37(50-39)43(29-5-9-33(10-6-29)47(55)57-3)35-13-14-36(49-35)44(30-7-11-34(12-8-30)48(56)58-4)38-16-18-40(51-38)46(42-20-19-41(45)52-42)32-23-27-54(2)28-24-32/h5-28H,1-4H3,(H,49,50,51,52)/q+1/p+1. The number of aryl methyl sites for hydroxylation is 2. The van der Waals surface area contributed by atoms with Crippen molar-refractivity contribution in [3.63, 3.8) is 0 Å². The average Bonchev–Trinajstić information content (AvgIpc) is 4.10. The number of ether oxygens (including phenoxy) is 2. The monoisotopic (exact) mass is 762 g/mol. The molecule has 0 aliphatic carbocycles. The Balaban J connectivity index is 1.43. The Morgan fingerprint density at radius 1 is 0.431 bits per heavy atom. The van der Waals surface area contributed by atoms with Crippen molar-refractivity contribution in [2.45, 2.75) is 0 Å². The molecule has 0 saturated heterocycles. The van der Waals surface area contributed by atoms with Crippen LogP contribution in [0.1, 0.15) is 43.5 Å². The van der Waals surface area contributed by atoms with Crippen LogP contribution >= 0.6 is 0 Å². The molecule has 0 fully saturated rings. The molecule has 5 aromatic heterocycles. The van der Waals surface area contributed by atoms with Crippen molar-refractivity contribution in [1.29, 1.82) is 0 Å². The molecule has 282 valence electrons. The van der Waals surface area contributed by atoms with Gasteiger partial charge in [0.2, 0.25) is 0 Å². The molecule has 9 rings (SSSR count). The number of nitrogens with one attached hydrogen (secondary N) is 2. The Labute approximate surface area is 334 Å². The maximum absolute atomic E-state index is 12.4. The molecule has 0 spiro atoms. The van der Waals surface area contributed by atoms with Gasteiger partial charge in [-0.25, -0.2) is 28.7 Å². The normalized spacial score (nSPS) is 11.8. The number of benzene rings is 2. The molecule has 2 aliphatic rings. The summed E-state index contributed by atoms with van der Waals surface area (Å²) in [4.78, 5) is 43.0. The SMILES string of the molecule is COC(=O)c1ccc(-c2c3nc(c(-c4cc[n+](C)cc4)c4nc(c(-c5cc[n+](C)cc5)c5ccc([nH]5)c(-c5ccc(C(=O)OC)cc5)c5ccc2[nH]5)C=C4)C=C3)cc1. The Morgan fingerprint density at radius 3 is 1.12 bits per heavy atom. The van der Waals surface area contributed by atoms with Crippen molar-refractivity contribution >= 4 is 58.3 Å². The minimum atomic E-state index is -0.410. The molecule has 2 aliphatic heterocycles. The fourth-order valence-electron chi connectivity index (χ4n) is 7.54. The number of hydrogen-bond acceptors (Lipinski definition) is 6. The fraction of sp³-hybridized carbons (Fsp3) is 0.0833. The molecule has 2 N–H and O–H groups in total. The number of rotatable bonds is 6. The number of aromatic nitrogens is 6. The molecular formula is C48H38N6O4+2. The molecule has 0 unspecified atom stereocenters. The predicted molar refractivity (Wildman–Crippen MR) is 226 cm³/mol. The number of methoxy groups -OCH3 is 2. The lowest BCUT2D eigenvalue weighted by atomic mass is 10.0. The topological polar surface area (TPSA) is 118 Å². The molecule has 58 heavy (non-hydrogen) atoms. The number of carbonyl (C=O) groups is 2. The third-order valence-corrected chi connectivity index (χ3v) is 10.5. The summed E-state index contributed by atoms with van der Waals surface area (Å²) >= 11 is 0. The Bertz CT molecular complexity index is 2990. The van der Waals surface area contributed by atoms with Crippen molar-refractivity contribution < 1.29 is 28.2 Å². The first kappa shape index (κ1) is 35.9. The van der Waals surface area contributed by atoms with Gasteiger partial charge in [-0.3, -0.25) is 0 Å². The largest absolute Gasteiger partial charge is 0.465 e. The van der Waals surface area contributed by atoms with Gasteiger partial charge in [0, 0.05) is 68.6 Å². The zero-order valence-electron chi connectivity index (χ0n) is 32.3. The van der Waals surface area contributed by atoms with E-state index in [4.69, 9.17) is 19.4 Å². The second kappa shape index (κ2) is 14.7. The van der Waals surface area contributed by atoms with Crippen LogP contribution in [0.5, 0.6) is 0 Å². The Hall–Kier alpha value is -7.72. The van der Waals surface area contributed by atoms with E-state index in [0.29, 0.717) is 11.1 Å². The van der Waals surface area contributed by atoms with Crippen LogP contribution in [-0.2, 0) is 23.6 Å². The number of H-pyrrole nitrogens is 2. The van der Waals surface area contributed by atoms with E-state index in [9.17, 15) is 9.59 Å². The number of aromatic amines is 2. The highest BCUT2D eigenvalue weighted by atomic mass is 16.5. The summed E-state index contributed by atoms with van der Waals surface area (Å²) < 4.78 is 14.0. The van der Waals surface area contributed by atoms with Crippen molar-refractivity contribution in [3.8, 4) is 44.5 Å². The molecule has 7 heterocycles. The second-order valence-corrected chi connectivity index (χ2v) is 14.1. The lowest BCUT2D eigenvalue weighted by Crippen LogP contribution is -2.25. The van der Waals surface area contributed by atoms with Gasteiger partial charge < -0.3 is 19.4 Å². The van der Waals surface area contributed by atoms with Crippen molar-refractivity contribution in [2.24, 2.45) is 14.1 Å². The van der Waals surface area contributed by atoms with Gasteiger partial charge in [0.15, 0.2) is 24.8 Å². The molecule has 0 atom stereocenters. The minimum absolute atomic E-state index is 0.406. The highest BCUT2D eigenvalue weighted by molar-refractivity contribution is 6.01. The molecule has 10 nitrogen and oxygen atoms in total. The molecule has 8 bridgehead atoms. The van der Waals surface area contributed by atoms with Gasteiger partial charge in [0.25, 0.3) is 0 Å². The zero-order chi connectivity index (χ0) is 39.9. The van der Waals surface area contributed by atoms with Crippen LogP contribution in [0.3, 0.4) is 0 Å². The summed E-state index contributed by atoms with van der Waals surface area (Å²) in [6.45, 7) is 0. The third kappa shape index (κ3) is 6.56. The van der Waals surface area contributed by atoms with Crippen LogP contribution in [0.4, 0.5) is 0 Å². The first-order valence-electron chi connectivity index (χ1n) is 18.7. The van der Waals surface area contributed by atoms with E-state index in [2.05, 4.69) is 64.6 Å². The summed E-state index contributed by atoms with van der Waals surface area (Å²) in [6, 6.07) is 31.4.